The molecule has 0 saturated carbocycles. The number of carbonyl (C=O) groups excluding carboxylic acids is 1. The summed E-state index contributed by atoms with van der Waals surface area (Å²) in [5, 5.41) is 2.67. The summed E-state index contributed by atoms with van der Waals surface area (Å²) in [6.45, 7) is 4.39. The molecule has 0 unspecified atom stereocenters. The highest BCUT2D eigenvalue weighted by atomic mass is 32.1. The van der Waals surface area contributed by atoms with E-state index in [0.717, 1.165) is 41.1 Å². The number of ether oxygens (including phenoxy) is 2. The Morgan fingerprint density at radius 1 is 0.938 bits per heavy atom. The van der Waals surface area contributed by atoms with E-state index in [1.807, 2.05) is 41.8 Å². The number of hydrogen-bond donors (Lipinski definition) is 0. The Labute approximate surface area is 192 Å². The van der Waals surface area contributed by atoms with Gasteiger partial charge in [0.15, 0.2) is 5.01 Å². The Kier molecular flexibility index (Phi) is 9.08. The Morgan fingerprint density at radius 2 is 1.72 bits per heavy atom. The van der Waals surface area contributed by atoms with Gasteiger partial charge in [-0.1, -0.05) is 18.4 Å². The number of aromatic nitrogens is 2. The van der Waals surface area contributed by atoms with Crippen LogP contribution in [0.4, 0.5) is 0 Å². The summed E-state index contributed by atoms with van der Waals surface area (Å²) in [6, 6.07) is 11.4. The molecule has 3 aromatic rings. The zero-order valence-electron chi connectivity index (χ0n) is 17.5. The molecule has 0 radical (unpaired) electrons. The summed E-state index contributed by atoms with van der Waals surface area (Å²) in [4.78, 5) is 19.4. The maximum absolute atomic E-state index is 10.9. The molecule has 0 fully saturated rings. The van der Waals surface area contributed by atoms with Gasteiger partial charge in [0.05, 0.1) is 13.2 Å². The molecule has 0 N–H and O–H groups in total. The van der Waals surface area contributed by atoms with E-state index in [2.05, 4.69) is 40.2 Å². The van der Waals surface area contributed by atoms with Crippen molar-refractivity contribution < 1.29 is 14.3 Å². The number of nitrogens with zero attached hydrogens (tertiary/aromatic N) is 2. The standard InChI is InChI=1S/C26H22N2O3S/c1-2-26(29)31-18-5-3-4-17-30-24-13-9-21(10-14-24)6-7-22-8-11-23(28-20-22)12-15-25-27-16-19-32-25/h2,8-11,13-14,16,19-20H,1,3-5,17-18H2. The lowest BCUT2D eigenvalue weighted by atomic mass is 10.2. The number of unbranched alkanes of at least 4 members (excludes halogenated alkanes) is 2. The van der Waals surface area contributed by atoms with Crippen LogP contribution >= 0.6 is 11.3 Å². The molecule has 160 valence electrons. The monoisotopic (exact) mass is 442 g/mol. The van der Waals surface area contributed by atoms with Crippen LogP contribution in [-0.2, 0) is 9.53 Å². The molecule has 0 aliphatic heterocycles. The predicted molar refractivity (Wildman–Crippen MR) is 125 cm³/mol. The summed E-state index contributed by atoms with van der Waals surface area (Å²) in [7, 11) is 0. The first-order valence-electron chi connectivity index (χ1n) is 10.1. The minimum absolute atomic E-state index is 0.380. The fourth-order valence-corrected chi connectivity index (χ4v) is 3.01. The van der Waals surface area contributed by atoms with E-state index in [4.69, 9.17) is 9.47 Å². The third kappa shape index (κ3) is 8.10. The van der Waals surface area contributed by atoms with Crippen molar-refractivity contribution in [3.63, 3.8) is 0 Å². The number of carbonyl (C=O) groups is 1. The van der Waals surface area contributed by atoms with Gasteiger partial charge in [0, 0.05) is 35.0 Å². The number of hydrogen-bond acceptors (Lipinski definition) is 6. The predicted octanol–water partition coefficient (Wildman–Crippen LogP) is 4.62. The Hall–Kier alpha value is -3.87. The highest BCUT2D eigenvalue weighted by Gasteiger charge is 1.97. The van der Waals surface area contributed by atoms with E-state index in [1.165, 1.54) is 17.4 Å². The van der Waals surface area contributed by atoms with E-state index in [1.54, 1.807) is 12.4 Å². The fraction of sp³-hybridized carbons (Fsp3) is 0.192. The van der Waals surface area contributed by atoms with Crippen LogP contribution in [0.1, 0.15) is 41.1 Å². The number of benzene rings is 1. The van der Waals surface area contributed by atoms with Gasteiger partial charge < -0.3 is 9.47 Å². The third-order valence-electron chi connectivity index (χ3n) is 4.17. The normalized spacial score (nSPS) is 9.62. The summed E-state index contributed by atoms with van der Waals surface area (Å²) >= 11 is 1.50. The van der Waals surface area contributed by atoms with Gasteiger partial charge in [-0.15, -0.1) is 11.3 Å². The first kappa shape index (κ1) is 22.8. The van der Waals surface area contributed by atoms with E-state index >= 15 is 0 Å². The second-order valence-electron chi connectivity index (χ2n) is 6.57. The molecule has 32 heavy (non-hydrogen) atoms. The lowest BCUT2D eigenvalue weighted by Gasteiger charge is -2.06. The van der Waals surface area contributed by atoms with Crippen LogP contribution in [-0.4, -0.2) is 29.2 Å². The molecular weight excluding hydrogens is 420 g/mol. The van der Waals surface area contributed by atoms with Gasteiger partial charge in [0.25, 0.3) is 0 Å². The number of thiazole rings is 1. The van der Waals surface area contributed by atoms with Crippen LogP contribution in [0, 0.1) is 23.7 Å². The molecule has 0 aliphatic carbocycles. The molecule has 1 aromatic carbocycles. The smallest absolute Gasteiger partial charge is 0.330 e. The second kappa shape index (κ2) is 12.7. The minimum Gasteiger partial charge on any atom is -0.494 e. The molecule has 0 amide bonds. The average molecular weight is 443 g/mol. The Balaban J connectivity index is 1.41. The zero-order chi connectivity index (χ0) is 22.4. The summed E-state index contributed by atoms with van der Waals surface area (Å²) < 4.78 is 10.7. The molecule has 2 aromatic heterocycles. The molecule has 0 atom stereocenters. The highest BCUT2D eigenvalue weighted by Crippen LogP contribution is 2.12. The molecule has 0 spiro atoms. The van der Waals surface area contributed by atoms with Crippen LogP contribution in [0.25, 0.3) is 0 Å². The number of pyridine rings is 1. The van der Waals surface area contributed by atoms with Crippen molar-refractivity contribution in [1.29, 1.82) is 0 Å². The van der Waals surface area contributed by atoms with Crippen molar-refractivity contribution in [3.8, 4) is 29.4 Å². The fourth-order valence-electron chi connectivity index (χ4n) is 2.53. The summed E-state index contributed by atoms with van der Waals surface area (Å²) in [6.07, 6.45) is 7.25. The Bertz CT molecular complexity index is 1130. The maximum atomic E-state index is 10.9. The van der Waals surface area contributed by atoms with E-state index < -0.39 is 0 Å². The van der Waals surface area contributed by atoms with Crippen LogP contribution in [0.2, 0.25) is 0 Å². The number of esters is 1. The molecule has 2 heterocycles. The van der Waals surface area contributed by atoms with Gasteiger partial charge in [-0.2, -0.15) is 0 Å². The SMILES string of the molecule is C=CC(=O)OCCCCCOc1ccc(C#Cc2ccc(C#Cc3nccs3)nc2)cc1. The van der Waals surface area contributed by atoms with Crippen molar-refractivity contribution in [3.05, 3.63) is 88.7 Å². The van der Waals surface area contributed by atoms with Crippen LogP contribution in [0.3, 0.4) is 0 Å². The molecule has 6 heteroatoms. The second-order valence-corrected chi connectivity index (χ2v) is 7.47. The quantitative estimate of drug-likeness (QED) is 0.221. The van der Waals surface area contributed by atoms with Gasteiger partial charge in [0.1, 0.15) is 11.4 Å². The van der Waals surface area contributed by atoms with E-state index in [0.29, 0.717) is 18.9 Å². The van der Waals surface area contributed by atoms with Crippen LogP contribution in [0.15, 0.2) is 66.8 Å². The van der Waals surface area contributed by atoms with E-state index in [9.17, 15) is 4.79 Å². The maximum Gasteiger partial charge on any atom is 0.330 e. The van der Waals surface area contributed by atoms with E-state index in [-0.39, 0.29) is 5.97 Å². The third-order valence-corrected chi connectivity index (χ3v) is 4.86. The van der Waals surface area contributed by atoms with Gasteiger partial charge >= 0.3 is 5.97 Å². The zero-order valence-corrected chi connectivity index (χ0v) is 18.4. The topological polar surface area (TPSA) is 61.3 Å². The number of rotatable bonds is 8. The average Bonchev–Trinajstić information content (AvgIpc) is 3.36. The summed E-state index contributed by atoms with van der Waals surface area (Å²) in [5.74, 6) is 12.6. The van der Waals surface area contributed by atoms with Gasteiger partial charge in [-0.25, -0.2) is 14.8 Å². The molecule has 0 saturated heterocycles. The van der Waals surface area contributed by atoms with Gasteiger partial charge in [0.2, 0.25) is 0 Å². The Morgan fingerprint density at radius 3 is 2.44 bits per heavy atom. The van der Waals surface area contributed by atoms with Crippen molar-refractivity contribution >= 4 is 17.3 Å². The summed E-state index contributed by atoms with van der Waals surface area (Å²) in [5.41, 5.74) is 2.41. The first-order valence-corrected chi connectivity index (χ1v) is 11.0. The van der Waals surface area contributed by atoms with Crippen molar-refractivity contribution in [1.82, 2.24) is 9.97 Å². The van der Waals surface area contributed by atoms with Gasteiger partial charge in [-0.05, 0) is 67.5 Å². The molecule has 0 aliphatic rings. The first-order chi connectivity index (χ1) is 15.7. The minimum atomic E-state index is -0.380. The van der Waals surface area contributed by atoms with Crippen molar-refractivity contribution in [2.24, 2.45) is 0 Å². The van der Waals surface area contributed by atoms with Gasteiger partial charge in [-0.3, -0.25) is 0 Å². The molecular formula is C26H22N2O3S. The van der Waals surface area contributed by atoms with Crippen LogP contribution in [0.5, 0.6) is 5.75 Å². The largest absolute Gasteiger partial charge is 0.494 e. The highest BCUT2D eigenvalue weighted by molar-refractivity contribution is 7.10. The van der Waals surface area contributed by atoms with Crippen molar-refractivity contribution in [2.75, 3.05) is 13.2 Å². The molecule has 3 rings (SSSR count). The molecule has 5 nitrogen and oxygen atoms in total. The van der Waals surface area contributed by atoms with Crippen molar-refractivity contribution in [2.45, 2.75) is 19.3 Å². The lowest BCUT2D eigenvalue weighted by molar-refractivity contribution is -0.137. The molecule has 0 bridgehead atoms. The lowest BCUT2D eigenvalue weighted by Crippen LogP contribution is -2.03. The van der Waals surface area contributed by atoms with Crippen LogP contribution < -0.4 is 4.74 Å².